The highest BCUT2D eigenvalue weighted by atomic mass is 35.5. The molecule has 0 spiro atoms. The highest BCUT2D eigenvalue weighted by Crippen LogP contribution is 2.42. The number of rotatable bonds is 8. The second-order valence-electron chi connectivity index (χ2n) is 8.75. The van der Waals surface area contributed by atoms with Crippen LogP contribution in [0.5, 0.6) is 5.75 Å². The normalized spacial score (nSPS) is 15.2. The van der Waals surface area contributed by atoms with Crippen molar-refractivity contribution in [2.45, 2.75) is 36.7 Å². The molecule has 1 fully saturated rings. The van der Waals surface area contributed by atoms with Gasteiger partial charge in [-0.2, -0.15) is 0 Å². The number of hydrogen-bond donors (Lipinski definition) is 1. The maximum absolute atomic E-state index is 15.1. The van der Waals surface area contributed by atoms with E-state index in [1.54, 1.807) is 43.3 Å². The minimum atomic E-state index is -3.31. The Hall–Kier alpha value is -2.65. The van der Waals surface area contributed by atoms with Gasteiger partial charge in [-0.25, -0.2) is 12.8 Å². The Morgan fingerprint density at radius 2 is 1.76 bits per heavy atom. The predicted octanol–water partition coefficient (Wildman–Crippen LogP) is 6.19. The molecule has 1 aliphatic heterocycles. The smallest absolute Gasteiger partial charge is 0.228 e. The Morgan fingerprint density at radius 1 is 1.05 bits per heavy atom. The van der Waals surface area contributed by atoms with E-state index in [0.29, 0.717) is 47.2 Å². The molecule has 0 unspecified atom stereocenters. The molecule has 0 aliphatic carbocycles. The van der Waals surface area contributed by atoms with Gasteiger partial charge in [0.25, 0.3) is 0 Å². The fourth-order valence-electron chi connectivity index (χ4n) is 4.23. The third-order valence-electron chi connectivity index (χ3n) is 6.27. The number of halogens is 3. The van der Waals surface area contributed by atoms with E-state index in [0.717, 1.165) is 0 Å². The lowest BCUT2D eigenvalue weighted by molar-refractivity contribution is -0.115. The predicted molar refractivity (Wildman–Crippen MR) is 142 cm³/mol. The van der Waals surface area contributed by atoms with Gasteiger partial charge in [0.2, 0.25) is 5.91 Å². The third-order valence-corrected chi connectivity index (χ3v) is 8.57. The van der Waals surface area contributed by atoms with E-state index in [4.69, 9.17) is 32.7 Å². The molecule has 196 valence electrons. The first-order valence-corrected chi connectivity index (χ1v) is 14.2. The summed E-state index contributed by atoms with van der Waals surface area (Å²) in [5, 5.41) is 3.59. The summed E-state index contributed by atoms with van der Waals surface area (Å²) in [7, 11) is -3.31. The van der Waals surface area contributed by atoms with Crippen LogP contribution in [0, 0.1) is 5.82 Å². The van der Waals surface area contributed by atoms with Crippen molar-refractivity contribution >= 4 is 44.6 Å². The van der Waals surface area contributed by atoms with E-state index < -0.39 is 21.3 Å². The highest BCUT2D eigenvalue weighted by molar-refractivity contribution is 7.91. The van der Waals surface area contributed by atoms with Crippen LogP contribution in [0.3, 0.4) is 0 Å². The summed E-state index contributed by atoms with van der Waals surface area (Å²) in [5.41, 5.74) is 0.722. The van der Waals surface area contributed by atoms with Crippen molar-refractivity contribution < 1.29 is 27.1 Å². The van der Waals surface area contributed by atoms with Crippen molar-refractivity contribution in [3.8, 4) is 5.75 Å². The molecule has 0 aromatic heterocycles. The molecule has 3 aromatic rings. The third kappa shape index (κ3) is 6.44. The molecule has 1 amide bonds. The molecule has 0 atom stereocenters. The van der Waals surface area contributed by atoms with Crippen LogP contribution in [0.4, 0.5) is 10.1 Å². The molecule has 10 heteroatoms. The maximum atomic E-state index is 15.1. The number of sulfone groups is 1. The van der Waals surface area contributed by atoms with Crippen LogP contribution in [0.25, 0.3) is 0 Å². The van der Waals surface area contributed by atoms with Crippen molar-refractivity contribution in [2.75, 3.05) is 24.3 Å². The van der Waals surface area contributed by atoms with Gasteiger partial charge in [-0.1, -0.05) is 48.3 Å². The van der Waals surface area contributed by atoms with Crippen molar-refractivity contribution in [1.82, 2.24) is 0 Å². The molecule has 37 heavy (non-hydrogen) atoms. The summed E-state index contributed by atoms with van der Waals surface area (Å²) in [6.45, 7) is 2.43. The van der Waals surface area contributed by atoms with E-state index in [-0.39, 0.29) is 34.4 Å². The van der Waals surface area contributed by atoms with Crippen LogP contribution in [0.1, 0.15) is 30.9 Å². The molecule has 1 heterocycles. The molecular formula is C27H26Cl2FNO5S. The second-order valence-corrected chi connectivity index (χ2v) is 11.9. The number of amides is 1. The lowest BCUT2D eigenvalue weighted by atomic mass is 9.86. The summed E-state index contributed by atoms with van der Waals surface area (Å²) >= 11 is 12.5. The van der Waals surface area contributed by atoms with E-state index in [1.165, 1.54) is 24.3 Å². The SMILES string of the molecule is CCS(=O)(=O)c1ccc(CC(=O)Nc2ccc(OC3(c4ccc(Cl)cc4Cl)CCOCC3)c(F)c2)cc1. The zero-order valence-electron chi connectivity index (χ0n) is 20.1. The van der Waals surface area contributed by atoms with Gasteiger partial charge in [-0.3, -0.25) is 4.79 Å². The van der Waals surface area contributed by atoms with Gasteiger partial charge in [-0.05, 0) is 42.0 Å². The number of anilines is 1. The molecule has 6 nitrogen and oxygen atoms in total. The number of carbonyl (C=O) groups excluding carboxylic acids is 1. The van der Waals surface area contributed by atoms with E-state index in [9.17, 15) is 13.2 Å². The van der Waals surface area contributed by atoms with Crippen LogP contribution in [0.2, 0.25) is 10.0 Å². The van der Waals surface area contributed by atoms with Crippen LogP contribution < -0.4 is 10.1 Å². The lowest BCUT2D eigenvalue weighted by Crippen LogP contribution is -2.39. The van der Waals surface area contributed by atoms with Gasteiger partial charge in [0.1, 0.15) is 5.60 Å². The van der Waals surface area contributed by atoms with Crippen molar-refractivity contribution in [3.63, 3.8) is 0 Å². The van der Waals surface area contributed by atoms with Crippen LogP contribution >= 0.6 is 23.2 Å². The van der Waals surface area contributed by atoms with Gasteiger partial charge in [0.15, 0.2) is 21.4 Å². The topological polar surface area (TPSA) is 81.7 Å². The number of nitrogens with one attached hydrogen (secondary N) is 1. The summed E-state index contributed by atoms with van der Waals surface area (Å²) in [4.78, 5) is 12.7. The maximum Gasteiger partial charge on any atom is 0.228 e. The Kier molecular flexibility index (Phi) is 8.43. The second kappa shape index (κ2) is 11.4. The summed E-state index contributed by atoms with van der Waals surface area (Å²) in [6, 6.07) is 15.5. The molecule has 0 radical (unpaired) electrons. The highest BCUT2D eigenvalue weighted by Gasteiger charge is 2.39. The minimum absolute atomic E-state index is 0.000255. The Bertz CT molecular complexity index is 1390. The fraction of sp³-hybridized carbons (Fsp3) is 0.296. The Balaban J connectivity index is 1.47. The van der Waals surface area contributed by atoms with E-state index in [2.05, 4.69) is 5.32 Å². The van der Waals surface area contributed by atoms with Crippen molar-refractivity contribution in [1.29, 1.82) is 0 Å². The average molecular weight is 566 g/mol. The summed E-state index contributed by atoms with van der Waals surface area (Å²) in [6.07, 6.45) is 0.958. The van der Waals surface area contributed by atoms with Crippen molar-refractivity contribution in [2.24, 2.45) is 0 Å². The standard InChI is InChI=1S/C27H26Cl2FNO5S/c1-2-37(33,34)21-7-3-18(4-8-21)15-26(32)31-20-6-10-25(24(30)17-20)36-27(11-13-35-14-12-27)22-9-5-19(28)16-23(22)29/h3-10,16-17H,2,11-15H2,1H3,(H,31,32). The zero-order valence-corrected chi connectivity index (χ0v) is 22.4. The number of benzene rings is 3. The Labute approximate surface area is 225 Å². The van der Waals surface area contributed by atoms with Gasteiger partial charge >= 0.3 is 0 Å². The molecular weight excluding hydrogens is 540 g/mol. The molecule has 4 rings (SSSR count). The Morgan fingerprint density at radius 3 is 2.38 bits per heavy atom. The van der Waals surface area contributed by atoms with Gasteiger partial charge in [0.05, 0.1) is 30.3 Å². The van der Waals surface area contributed by atoms with Crippen LogP contribution in [-0.4, -0.2) is 33.3 Å². The van der Waals surface area contributed by atoms with Gasteiger partial charge in [-0.15, -0.1) is 0 Å². The summed E-state index contributed by atoms with van der Waals surface area (Å²) < 4.78 is 50.7. The first kappa shape index (κ1) is 27.4. The van der Waals surface area contributed by atoms with Gasteiger partial charge < -0.3 is 14.8 Å². The van der Waals surface area contributed by atoms with E-state index >= 15 is 4.39 Å². The minimum Gasteiger partial charge on any atom is -0.479 e. The number of ether oxygens (including phenoxy) is 2. The first-order chi connectivity index (χ1) is 17.6. The molecule has 1 saturated heterocycles. The number of hydrogen-bond acceptors (Lipinski definition) is 5. The summed E-state index contributed by atoms with van der Waals surface area (Å²) in [5.74, 6) is -0.978. The zero-order chi connectivity index (χ0) is 26.6. The van der Waals surface area contributed by atoms with Crippen molar-refractivity contribution in [3.05, 3.63) is 87.7 Å². The number of carbonyl (C=O) groups is 1. The molecule has 0 saturated carbocycles. The quantitative estimate of drug-likeness (QED) is 0.352. The molecule has 1 N–H and O–H groups in total. The first-order valence-electron chi connectivity index (χ1n) is 11.8. The van der Waals surface area contributed by atoms with Crippen LogP contribution in [0.15, 0.2) is 65.6 Å². The molecule has 1 aliphatic rings. The lowest BCUT2D eigenvalue weighted by Gasteiger charge is -2.38. The molecule has 0 bridgehead atoms. The van der Waals surface area contributed by atoms with Gasteiger partial charge in [0, 0.05) is 40.2 Å². The van der Waals surface area contributed by atoms with E-state index in [1.807, 2.05) is 0 Å². The fourth-order valence-corrected chi connectivity index (χ4v) is 5.70. The monoisotopic (exact) mass is 565 g/mol. The molecule has 3 aromatic carbocycles. The van der Waals surface area contributed by atoms with Crippen LogP contribution in [-0.2, 0) is 31.4 Å². The largest absolute Gasteiger partial charge is 0.479 e. The average Bonchev–Trinajstić information content (AvgIpc) is 2.86.